The lowest BCUT2D eigenvalue weighted by Crippen LogP contribution is -2.50. The van der Waals surface area contributed by atoms with Gasteiger partial charge in [-0.25, -0.2) is 0 Å². The molecule has 1 heteroatoms. The second kappa shape index (κ2) is 6.24. The van der Waals surface area contributed by atoms with Gasteiger partial charge in [-0.05, 0) is 29.5 Å². The van der Waals surface area contributed by atoms with Gasteiger partial charge >= 0.3 is 0 Å². The molecule has 0 atom stereocenters. The average Bonchev–Trinajstić information content (AvgIpc) is 3.48. The fourth-order valence-corrected chi connectivity index (χ4v) is 3.57. The zero-order chi connectivity index (χ0) is 17.2. The van der Waals surface area contributed by atoms with Crippen LogP contribution in [0.3, 0.4) is 0 Å². The van der Waals surface area contributed by atoms with Crippen LogP contribution in [0.5, 0.6) is 0 Å². The van der Waals surface area contributed by atoms with Gasteiger partial charge in [-0.15, -0.1) is 6.42 Å². The Hall–Kier alpha value is -2.82. The van der Waals surface area contributed by atoms with Crippen LogP contribution in [0.1, 0.15) is 29.5 Å². The van der Waals surface area contributed by atoms with Crippen LogP contribution in [-0.4, -0.2) is 5.54 Å². The molecule has 0 heterocycles. The van der Waals surface area contributed by atoms with E-state index in [1.807, 2.05) is 0 Å². The summed E-state index contributed by atoms with van der Waals surface area (Å²) in [7, 11) is 0. The third-order valence-electron chi connectivity index (χ3n) is 5.07. The van der Waals surface area contributed by atoms with Gasteiger partial charge in [0.15, 0.2) is 0 Å². The largest absolute Gasteiger partial charge is 0.284 e. The van der Waals surface area contributed by atoms with E-state index < -0.39 is 5.54 Å². The van der Waals surface area contributed by atoms with Crippen molar-refractivity contribution in [2.45, 2.75) is 23.9 Å². The second-order valence-electron chi connectivity index (χ2n) is 6.70. The molecule has 0 aliphatic heterocycles. The summed E-state index contributed by atoms with van der Waals surface area (Å²) in [5.41, 5.74) is 2.91. The van der Waals surface area contributed by atoms with Crippen molar-refractivity contribution in [2.75, 3.05) is 0 Å². The van der Waals surface area contributed by atoms with E-state index in [1.54, 1.807) is 0 Å². The molecule has 0 bridgehead atoms. The molecule has 3 aromatic carbocycles. The maximum absolute atomic E-state index is 5.90. The van der Waals surface area contributed by atoms with Gasteiger partial charge in [0.2, 0.25) is 0 Å². The van der Waals surface area contributed by atoms with E-state index in [0.29, 0.717) is 0 Å². The Balaban J connectivity index is 2.00. The molecule has 0 amide bonds. The molecule has 25 heavy (non-hydrogen) atoms. The molecule has 1 fully saturated rings. The van der Waals surface area contributed by atoms with Gasteiger partial charge < -0.3 is 0 Å². The van der Waals surface area contributed by atoms with Crippen LogP contribution in [0.15, 0.2) is 91.0 Å². The molecule has 1 nitrogen and oxygen atoms in total. The summed E-state index contributed by atoms with van der Waals surface area (Å²) in [6.45, 7) is 0. The van der Waals surface area contributed by atoms with Crippen molar-refractivity contribution in [1.29, 1.82) is 0 Å². The predicted molar refractivity (Wildman–Crippen MR) is 103 cm³/mol. The maximum atomic E-state index is 5.90. The van der Waals surface area contributed by atoms with Crippen LogP contribution in [0, 0.1) is 12.3 Å². The molecule has 1 N–H and O–H groups in total. The normalized spacial score (nSPS) is 15.3. The van der Waals surface area contributed by atoms with Crippen molar-refractivity contribution in [2.24, 2.45) is 0 Å². The van der Waals surface area contributed by atoms with E-state index in [4.69, 9.17) is 6.42 Å². The van der Waals surface area contributed by atoms with Crippen LogP contribution < -0.4 is 5.32 Å². The van der Waals surface area contributed by atoms with Crippen LogP contribution in [0.25, 0.3) is 0 Å². The van der Waals surface area contributed by atoms with Crippen LogP contribution in [0.2, 0.25) is 0 Å². The molecule has 122 valence electrons. The molecule has 0 radical (unpaired) electrons. The van der Waals surface area contributed by atoms with Crippen molar-refractivity contribution < 1.29 is 0 Å². The monoisotopic (exact) mass is 323 g/mol. The quantitative estimate of drug-likeness (QED) is 0.528. The fraction of sp³-hybridized carbons (Fsp3) is 0.167. The van der Waals surface area contributed by atoms with Crippen molar-refractivity contribution >= 4 is 0 Å². The number of nitrogens with one attached hydrogen (secondary N) is 1. The third kappa shape index (κ3) is 2.76. The van der Waals surface area contributed by atoms with Crippen molar-refractivity contribution in [1.82, 2.24) is 5.32 Å². The first-order valence-electron chi connectivity index (χ1n) is 8.73. The molecule has 0 aromatic heterocycles. The van der Waals surface area contributed by atoms with Gasteiger partial charge in [0, 0.05) is 0 Å². The van der Waals surface area contributed by atoms with E-state index in [0.717, 1.165) is 12.8 Å². The Morgan fingerprint density at radius 1 is 0.680 bits per heavy atom. The van der Waals surface area contributed by atoms with Crippen LogP contribution >= 0.6 is 0 Å². The molecule has 4 rings (SSSR count). The van der Waals surface area contributed by atoms with Crippen molar-refractivity contribution in [3.8, 4) is 12.3 Å². The van der Waals surface area contributed by atoms with E-state index >= 15 is 0 Å². The second-order valence-corrected chi connectivity index (χ2v) is 6.70. The lowest BCUT2D eigenvalue weighted by atomic mass is 9.76. The number of hydrogen-bond donors (Lipinski definition) is 1. The van der Waals surface area contributed by atoms with Gasteiger partial charge in [0.25, 0.3) is 0 Å². The third-order valence-corrected chi connectivity index (χ3v) is 5.07. The average molecular weight is 323 g/mol. The van der Waals surface area contributed by atoms with Crippen LogP contribution in [0.4, 0.5) is 0 Å². The van der Waals surface area contributed by atoms with E-state index in [-0.39, 0.29) is 5.54 Å². The SMILES string of the molecule is C#CC1(NC(c2ccccc2)(c2ccccc2)c2ccccc2)CC1. The highest BCUT2D eigenvalue weighted by Crippen LogP contribution is 2.44. The molecule has 1 aliphatic rings. The fourth-order valence-electron chi connectivity index (χ4n) is 3.57. The Morgan fingerprint density at radius 2 is 1.04 bits per heavy atom. The van der Waals surface area contributed by atoms with Crippen molar-refractivity contribution in [3.05, 3.63) is 108 Å². The minimum Gasteiger partial charge on any atom is -0.284 e. The highest BCUT2D eigenvalue weighted by Gasteiger charge is 2.49. The summed E-state index contributed by atoms with van der Waals surface area (Å²) in [4.78, 5) is 0. The van der Waals surface area contributed by atoms with Gasteiger partial charge in [0.1, 0.15) is 0 Å². The van der Waals surface area contributed by atoms with Crippen LogP contribution in [-0.2, 0) is 5.54 Å². The topological polar surface area (TPSA) is 12.0 Å². The molecular formula is C24H21N. The van der Waals surface area contributed by atoms with Crippen molar-refractivity contribution in [3.63, 3.8) is 0 Å². The number of rotatable bonds is 5. The summed E-state index contributed by atoms with van der Waals surface area (Å²) < 4.78 is 0. The lowest BCUT2D eigenvalue weighted by Gasteiger charge is -2.39. The summed E-state index contributed by atoms with van der Waals surface area (Å²) in [5.74, 6) is 3.01. The maximum Gasteiger partial charge on any atom is 0.0959 e. The zero-order valence-corrected chi connectivity index (χ0v) is 14.2. The summed E-state index contributed by atoms with van der Waals surface area (Å²) in [6.07, 6.45) is 7.92. The van der Waals surface area contributed by atoms with Gasteiger partial charge in [-0.1, -0.05) is 96.9 Å². The molecule has 3 aromatic rings. The number of hydrogen-bond acceptors (Lipinski definition) is 1. The number of benzene rings is 3. The first-order valence-corrected chi connectivity index (χ1v) is 8.73. The van der Waals surface area contributed by atoms with E-state index in [2.05, 4.69) is 102 Å². The minimum absolute atomic E-state index is 0.235. The Kier molecular flexibility index (Phi) is 3.92. The standard InChI is InChI=1S/C24H21N/c1-2-23(18-19-23)25-24(20-12-6-3-7-13-20,21-14-8-4-9-15-21)22-16-10-5-11-17-22/h1,3-17,25H,18-19H2. The molecule has 0 saturated heterocycles. The van der Waals surface area contributed by atoms with Gasteiger partial charge in [-0.2, -0.15) is 0 Å². The van der Waals surface area contributed by atoms with Gasteiger partial charge in [0.05, 0.1) is 11.1 Å². The molecule has 0 unspecified atom stereocenters. The summed E-state index contributed by atoms with van der Waals surface area (Å²) >= 11 is 0. The van der Waals surface area contributed by atoms with Gasteiger partial charge in [-0.3, -0.25) is 5.32 Å². The zero-order valence-electron chi connectivity index (χ0n) is 14.2. The Labute approximate surface area is 149 Å². The highest BCUT2D eigenvalue weighted by atomic mass is 15.1. The minimum atomic E-state index is -0.466. The van der Waals surface area contributed by atoms with E-state index in [1.165, 1.54) is 16.7 Å². The summed E-state index contributed by atoms with van der Waals surface area (Å²) in [6, 6.07) is 31.8. The predicted octanol–water partition coefficient (Wildman–Crippen LogP) is 4.73. The molecule has 1 aliphatic carbocycles. The number of terminal acetylenes is 1. The summed E-state index contributed by atoms with van der Waals surface area (Å²) in [5, 5.41) is 3.88. The molecule has 1 saturated carbocycles. The highest BCUT2D eigenvalue weighted by molar-refractivity contribution is 5.51. The first kappa shape index (κ1) is 15.7. The van der Waals surface area contributed by atoms with E-state index in [9.17, 15) is 0 Å². The Morgan fingerprint density at radius 3 is 1.32 bits per heavy atom. The smallest absolute Gasteiger partial charge is 0.0959 e. The molecular weight excluding hydrogens is 302 g/mol. The molecule has 0 spiro atoms. The lowest BCUT2D eigenvalue weighted by molar-refractivity contribution is 0.427. The Bertz CT molecular complexity index is 775. The first-order chi connectivity index (χ1) is 12.3.